The molecule has 6 heteroatoms. The van der Waals surface area contributed by atoms with Crippen LogP contribution in [0.3, 0.4) is 0 Å². The number of aromatic nitrogens is 3. The van der Waals surface area contributed by atoms with E-state index in [0.29, 0.717) is 23.9 Å². The smallest absolute Gasteiger partial charge is 0.164 e. The minimum absolute atomic E-state index is 0.0366. The van der Waals surface area contributed by atoms with E-state index >= 15 is 0 Å². The van der Waals surface area contributed by atoms with Crippen LogP contribution in [0, 0.1) is 0 Å². The molecule has 2 aliphatic rings. The Morgan fingerprint density at radius 2 is 0.937 bits per heavy atom. The third kappa shape index (κ3) is 6.13. The predicted molar refractivity (Wildman–Crippen MR) is 254 cm³/mol. The second-order valence-corrected chi connectivity index (χ2v) is 16.7. The maximum atomic E-state index is 6.25. The molecule has 0 spiro atoms. The summed E-state index contributed by atoms with van der Waals surface area (Å²) in [6, 6.07) is 54.6. The molecule has 0 aliphatic heterocycles. The van der Waals surface area contributed by atoms with Gasteiger partial charge in [0.15, 0.2) is 17.5 Å². The first-order valence-electron chi connectivity index (χ1n) is 21.5. The quantitative estimate of drug-likeness (QED) is 0.166. The molecular formula is C57H37N3O3. The van der Waals surface area contributed by atoms with Crippen LogP contribution in [-0.2, 0) is 0 Å². The Bertz CT molecular complexity index is 3770. The Hall–Kier alpha value is -8.09. The molecule has 4 heterocycles. The molecule has 0 bridgehead atoms. The largest absolute Gasteiger partial charge is 0.456 e. The van der Waals surface area contributed by atoms with Crippen molar-refractivity contribution in [3.63, 3.8) is 0 Å². The molecule has 7 aromatic carbocycles. The van der Waals surface area contributed by atoms with Crippen molar-refractivity contribution in [2.45, 2.75) is 24.7 Å². The van der Waals surface area contributed by atoms with E-state index in [1.54, 1.807) is 0 Å². The molecule has 0 saturated carbocycles. The molecule has 2 aliphatic carbocycles. The molecule has 298 valence electrons. The lowest BCUT2D eigenvalue weighted by atomic mass is 9.82. The molecule has 4 aromatic heterocycles. The van der Waals surface area contributed by atoms with E-state index in [9.17, 15) is 0 Å². The maximum Gasteiger partial charge on any atom is 0.164 e. The Morgan fingerprint density at radius 1 is 0.413 bits per heavy atom. The Balaban J connectivity index is 0.918. The van der Waals surface area contributed by atoms with Crippen LogP contribution < -0.4 is 0 Å². The third-order valence-corrected chi connectivity index (χ3v) is 12.8. The number of para-hydroxylation sites is 3. The van der Waals surface area contributed by atoms with Crippen molar-refractivity contribution < 1.29 is 13.3 Å². The number of nitrogens with zero attached hydrogens (tertiary/aromatic N) is 3. The van der Waals surface area contributed by atoms with Crippen molar-refractivity contribution in [3.8, 4) is 11.4 Å². The summed E-state index contributed by atoms with van der Waals surface area (Å²) in [6.07, 6.45) is 12.9. The van der Waals surface area contributed by atoms with E-state index in [4.69, 9.17) is 28.2 Å². The van der Waals surface area contributed by atoms with Gasteiger partial charge in [-0.2, -0.15) is 0 Å². The summed E-state index contributed by atoms with van der Waals surface area (Å²) in [5, 5.41) is 6.70. The second-order valence-electron chi connectivity index (χ2n) is 16.7. The van der Waals surface area contributed by atoms with E-state index in [-0.39, 0.29) is 11.8 Å². The second kappa shape index (κ2) is 14.3. The zero-order chi connectivity index (χ0) is 41.4. The minimum Gasteiger partial charge on any atom is -0.456 e. The summed E-state index contributed by atoms with van der Waals surface area (Å²) >= 11 is 0. The highest BCUT2D eigenvalue weighted by atomic mass is 16.3. The van der Waals surface area contributed by atoms with E-state index in [1.165, 1.54) is 11.1 Å². The highest BCUT2D eigenvalue weighted by Crippen LogP contribution is 2.42. The van der Waals surface area contributed by atoms with Gasteiger partial charge in [0.25, 0.3) is 0 Å². The maximum absolute atomic E-state index is 6.25. The van der Waals surface area contributed by atoms with Crippen molar-refractivity contribution in [1.82, 2.24) is 15.0 Å². The monoisotopic (exact) mass is 811 g/mol. The summed E-state index contributed by atoms with van der Waals surface area (Å²) in [7, 11) is 0. The lowest BCUT2D eigenvalue weighted by molar-refractivity contribution is 0.668. The van der Waals surface area contributed by atoms with Crippen molar-refractivity contribution in [1.29, 1.82) is 0 Å². The first-order valence-corrected chi connectivity index (χ1v) is 21.5. The average Bonchev–Trinajstić information content (AvgIpc) is 4.04. The number of furan rings is 3. The van der Waals surface area contributed by atoms with Gasteiger partial charge in [0.2, 0.25) is 0 Å². The fourth-order valence-electron chi connectivity index (χ4n) is 9.61. The highest BCUT2D eigenvalue weighted by molar-refractivity contribution is 6.07. The van der Waals surface area contributed by atoms with Gasteiger partial charge in [-0.1, -0.05) is 127 Å². The number of allylic oxidation sites excluding steroid dienone is 8. The Labute approximate surface area is 361 Å². The van der Waals surface area contributed by atoms with Crippen LogP contribution >= 0.6 is 0 Å². The molecule has 0 saturated heterocycles. The van der Waals surface area contributed by atoms with Gasteiger partial charge < -0.3 is 13.3 Å². The summed E-state index contributed by atoms with van der Waals surface area (Å²) in [4.78, 5) is 15.7. The summed E-state index contributed by atoms with van der Waals surface area (Å²) in [6.45, 7) is 0. The summed E-state index contributed by atoms with van der Waals surface area (Å²) in [5.41, 5.74) is 13.0. The van der Waals surface area contributed by atoms with Gasteiger partial charge in [-0.3, -0.25) is 0 Å². The topological polar surface area (TPSA) is 78.1 Å². The lowest BCUT2D eigenvalue weighted by Gasteiger charge is -2.23. The molecule has 2 atom stereocenters. The molecule has 0 radical (unpaired) electrons. The molecule has 63 heavy (non-hydrogen) atoms. The Kier molecular flexibility index (Phi) is 8.06. The van der Waals surface area contributed by atoms with Gasteiger partial charge in [0.05, 0.1) is 0 Å². The van der Waals surface area contributed by atoms with Crippen LogP contribution in [-0.4, -0.2) is 15.0 Å². The van der Waals surface area contributed by atoms with E-state index in [1.807, 2.05) is 54.6 Å². The number of fused-ring (bicyclic) bond motifs is 9. The molecular weight excluding hydrogens is 775 g/mol. The van der Waals surface area contributed by atoms with Crippen molar-refractivity contribution >= 4 is 82.5 Å². The molecule has 0 fully saturated rings. The first kappa shape index (κ1) is 35.6. The minimum atomic E-state index is 0.0366. The van der Waals surface area contributed by atoms with Gasteiger partial charge in [-0.25, -0.2) is 15.0 Å². The molecule has 0 amide bonds. The van der Waals surface area contributed by atoms with Crippen molar-refractivity contribution in [3.05, 3.63) is 216 Å². The molecule has 2 unspecified atom stereocenters. The Morgan fingerprint density at radius 3 is 1.56 bits per heavy atom. The van der Waals surface area contributed by atoms with E-state index < -0.39 is 0 Å². The van der Waals surface area contributed by atoms with Gasteiger partial charge in [0.1, 0.15) is 33.5 Å². The summed E-state index contributed by atoms with van der Waals surface area (Å²) in [5.74, 6) is 2.24. The zero-order valence-electron chi connectivity index (χ0n) is 34.0. The van der Waals surface area contributed by atoms with E-state index in [0.717, 1.165) is 100 Å². The normalized spacial score (nSPS) is 16.7. The van der Waals surface area contributed by atoms with Crippen LogP contribution in [0.1, 0.15) is 53.0 Å². The van der Waals surface area contributed by atoms with Crippen LogP contribution in [0.5, 0.6) is 0 Å². The van der Waals surface area contributed by atoms with Crippen LogP contribution in [0.15, 0.2) is 201 Å². The van der Waals surface area contributed by atoms with Gasteiger partial charge in [0, 0.05) is 55.3 Å². The lowest BCUT2D eigenvalue weighted by Crippen LogP contribution is -2.10. The fourth-order valence-corrected chi connectivity index (χ4v) is 9.61. The predicted octanol–water partition coefficient (Wildman–Crippen LogP) is 15.0. The standard InChI is InChI=1S/C57H37N3O3/c1-2-10-35(11-3-1)55-58-56(36-20-18-34(19-21-36)37-22-25-52-46(31-37)43-12-4-7-15-49(43)61-52)60-57(59-55)42-29-40(38-23-26-53-47(32-38)44-13-5-8-16-50(44)62-53)28-41(30-42)39-24-27-54-48(33-39)45-14-6-9-17-51(45)63-54/h1-18,20-29,31-34,41H,19,30H2. The van der Waals surface area contributed by atoms with Gasteiger partial charge >= 0.3 is 0 Å². The van der Waals surface area contributed by atoms with E-state index in [2.05, 4.69) is 134 Å². The number of hydrogen-bond donors (Lipinski definition) is 0. The highest BCUT2D eigenvalue weighted by Gasteiger charge is 2.25. The first-order chi connectivity index (χ1) is 31.1. The molecule has 11 aromatic rings. The van der Waals surface area contributed by atoms with Gasteiger partial charge in [-0.15, -0.1) is 0 Å². The third-order valence-electron chi connectivity index (χ3n) is 12.8. The SMILES string of the molecule is C1=CC(c2ccc3oc4ccccc4c3c2)CC=C1c1nc(C2=CC(c3ccc4oc5ccccc5c4c3)=CC(c3ccc4oc5ccccc5c4c3)C2)nc(-c2ccccc2)n1. The van der Waals surface area contributed by atoms with Crippen molar-refractivity contribution in [2.75, 3.05) is 0 Å². The number of hydrogen-bond acceptors (Lipinski definition) is 6. The number of rotatable bonds is 6. The van der Waals surface area contributed by atoms with Gasteiger partial charge in [-0.05, 0) is 101 Å². The summed E-state index contributed by atoms with van der Waals surface area (Å²) < 4.78 is 18.6. The number of benzene rings is 7. The van der Waals surface area contributed by atoms with Crippen LogP contribution in [0.2, 0.25) is 0 Å². The van der Waals surface area contributed by atoms with Crippen LogP contribution in [0.25, 0.3) is 93.9 Å². The van der Waals surface area contributed by atoms with Crippen LogP contribution in [0.4, 0.5) is 0 Å². The zero-order valence-corrected chi connectivity index (χ0v) is 34.0. The molecule has 0 N–H and O–H groups in total. The molecule has 13 rings (SSSR count). The fraction of sp³-hybridized carbons (Fsp3) is 0.0702. The average molecular weight is 812 g/mol. The van der Waals surface area contributed by atoms with Crippen molar-refractivity contribution in [2.24, 2.45) is 0 Å². The molecule has 6 nitrogen and oxygen atoms in total.